The van der Waals surface area contributed by atoms with Crippen LogP contribution in [0.2, 0.25) is 0 Å². The first-order valence-corrected chi connectivity index (χ1v) is 6.94. The minimum absolute atomic E-state index is 0.0694. The van der Waals surface area contributed by atoms with E-state index in [0.717, 1.165) is 37.2 Å². The van der Waals surface area contributed by atoms with Crippen molar-refractivity contribution >= 4 is 0 Å². The lowest BCUT2D eigenvalue weighted by Crippen LogP contribution is -2.29. The average molecular weight is 264 g/mol. The fourth-order valence-electron chi connectivity index (χ4n) is 2.72. The summed E-state index contributed by atoms with van der Waals surface area (Å²) in [4.78, 5) is 0. The Bertz CT molecular complexity index is 442. The SMILES string of the molecule is COc1ccc2c(c1C)CCCC(C)(OC)CCO2. The normalized spacial score (nSPS) is 23.6. The number of fused-ring (bicyclic) bond motifs is 1. The van der Waals surface area contributed by atoms with Crippen molar-refractivity contribution in [2.45, 2.75) is 45.1 Å². The van der Waals surface area contributed by atoms with Crippen molar-refractivity contribution in [1.82, 2.24) is 0 Å². The molecule has 1 aliphatic rings. The summed E-state index contributed by atoms with van der Waals surface area (Å²) < 4.78 is 17.0. The lowest BCUT2D eigenvalue weighted by atomic mass is 9.93. The Kier molecular flexibility index (Phi) is 4.35. The van der Waals surface area contributed by atoms with E-state index in [0.29, 0.717) is 6.61 Å². The van der Waals surface area contributed by atoms with Gasteiger partial charge in [-0.1, -0.05) is 0 Å². The molecule has 1 atom stereocenters. The molecule has 0 aromatic heterocycles. The van der Waals surface area contributed by atoms with Crippen LogP contribution < -0.4 is 9.47 Å². The highest BCUT2D eigenvalue weighted by atomic mass is 16.5. The van der Waals surface area contributed by atoms with Gasteiger partial charge in [0, 0.05) is 19.1 Å². The zero-order valence-corrected chi connectivity index (χ0v) is 12.4. The Labute approximate surface area is 115 Å². The van der Waals surface area contributed by atoms with E-state index in [1.807, 2.05) is 12.1 Å². The van der Waals surface area contributed by atoms with Gasteiger partial charge in [-0.2, -0.15) is 0 Å². The molecule has 0 N–H and O–H groups in total. The Hall–Kier alpha value is -1.22. The topological polar surface area (TPSA) is 27.7 Å². The number of rotatable bonds is 2. The summed E-state index contributed by atoms with van der Waals surface area (Å²) in [6, 6.07) is 4.01. The van der Waals surface area contributed by atoms with E-state index in [9.17, 15) is 0 Å². The highest BCUT2D eigenvalue weighted by Crippen LogP contribution is 2.34. The van der Waals surface area contributed by atoms with E-state index in [1.165, 1.54) is 11.1 Å². The summed E-state index contributed by atoms with van der Waals surface area (Å²) >= 11 is 0. The third-order valence-corrected chi connectivity index (χ3v) is 4.24. The second kappa shape index (κ2) is 5.83. The first kappa shape index (κ1) is 14.2. The number of methoxy groups -OCH3 is 2. The maximum Gasteiger partial charge on any atom is 0.123 e. The zero-order chi connectivity index (χ0) is 13.9. The molecule has 1 aliphatic heterocycles. The van der Waals surface area contributed by atoms with Gasteiger partial charge < -0.3 is 14.2 Å². The molecule has 0 amide bonds. The van der Waals surface area contributed by atoms with Crippen molar-refractivity contribution in [2.24, 2.45) is 0 Å². The van der Waals surface area contributed by atoms with Crippen LogP contribution in [0.15, 0.2) is 12.1 Å². The minimum Gasteiger partial charge on any atom is -0.496 e. The summed E-state index contributed by atoms with van der Waals surface area (Å²) in [5, 5.41) is 0. The van der Waals surface area contributed by atoms with E-state index >= 15 is 0 Å². The van der Waals surface area contributed by atoms with Gasteiger partial charge in [0.1, 0.15) is 11.5 Å². The van der Waals surface area contributed by atoms with Crippen LogP contribution in [0.3, 0.4) is 0 Å². The second-order valence-electron chi connectivity index (χ2n) is 5.48. The van der Waals surface area contributed by atoms with E-state index in [2.05, 4.69) is 13.8 Å². The highest BCUT2D eigenvalue weighted by molar-refractivity contribution is 5.48. The summed E-state index contributed by atoms with van der Waals surface area (Å²) in [5.41, 5.74) is 2.40. The monoisotopic (exact) mass is 264 g/mol. The molecule has 0 spiro atoms. The van der Waals surface area contributed by atoms with Crippen LogP contribution >= 0.6 is 0 Å². The van der Waals surface area contributed by atoms with Crippen LogP contribution in [0.25, 0.3) is 0 Å². The number of ether oxygens (including phenoxy) is 3. The molecule has 1 heterocycles. The third kappa shape index (κ3) is 3.03. The zero-order valence-electron chi connectivity index (χ0n) is 12.4. The minimum atomic E-state index is -0.0694. The van der Waals surface area contributed by atoms with E-state index < -0.39 is 0 Å². The molecular weight excluding hydrogens is 240 g/mol. The third-order valence-electron chi connectivity index (χ3n) is 4.24. The van der Waals surface area contributed by atoms with Gasteiger partial charge in [-0.3, -0.25) is 0 Å². The molecule has 0 saturated heterocycles. The molecule has 1 unspecified atom stereocenters. The predicted octanol–water partition coefficient (Wildman–Crippen LogP) is 3.51. The Morgan fingerprint density at radius 2 is 2.00 bits per heavy atom. The molecule has 2 rings (SSSR count). The van der Waals surface area contributed by atoms with Crippen LogP contribution in [0, 0.1) is 6.92 Å². The van der Waals surface area contributed by atoms with E-state index in [1.54, 1.807) is 14.2 Å². The number of benzene rings is 1. The molecular formula is C16H24O3. The van der Waals surface area contributed by atoms with Crippen LogP contribution in [0.5, 0.6) is 11.5 Å². The summed E-state index contributed by atoms with van der Waals surface area (Å²) in [6.45, 7) is 4.97. The summed E-state index contributed by atoms with van der Waals surface area (Å²) in [7, 11) is 3.51. The molecule has 0 radical (unpaired) electrons. The molecule has 1 aromatic carbocycles. The van der Waals surface area contributed by atoms with Crippen molar-refractivity contribution in [2.75, 3.05) is 20.8 Å². The van der Waals surface area contributed by atoms with Crippen LogP contribution in [0.1, 0.15) is 37.3 Å². The molecule has 0 saturated carbocycles. The lowest BCUT2D eigenvalue weighted by Gasteiger charge is -2.27. The molecule has 19 heavy (non-hydrogen) atoms. The van der Waals surface area contributed by atoms with Gasteiger partial charge in [-0.05, 0) is 50.8 Å². The molecule has 0 aliphatic carbocycles. The van der Waals surface area contributed by atoms with Crippen LogP contribution in [-0.2, 0) is 11.2 Å². The van der Waals surface area contributed by atoms with E-state index in [4.69, 9.17) is 14.2 Å². The molecule has 3 heteroatoms. The second-order valence-corrected chi connectivity index (χ2v) is 5.48. The molecule has 1 aromatic rings. The standard InChI is InChI=1S/C16H24O3/c1-12-13-6-5-9-16(2,18-4)10-11-19-15(13)8-7-14(12)17-3/h7-8H,5-6,9-11H2,1-4H3. The molecule has 0 bridgehead atoms. The highest BCUT2D eigenvalue weighted by Gasteiger charge is 2.25. The van der Waals surface area contributed by atoms with Gasteiger partial charge in [0.15, 0.2) is 0 Å². The quantitative estimate of drug-likeness (QED) is 0.818. The fraction of sp³-hybridized carbons (Fsp3) is 0.625. The van der Waals surface area contributed by atoms with Crippen molar-refractivity contribution < 1.29 is 14.2 Å². The van der Waals surface area contributed by atoms with Crippen LogP contribution in [0.4, 0.5) is 0 Å². The predicted molar refractivity (Wildman–Crippen MR) is 76.2 cm³/mol. The van der Waals surface area contributed by atoms with Gasteiger partial charge in [-0.25, -0.2) is 0 Å². The van der Waals surface area contributed by atoms with Crippen LogP contribution in [-0.4, -0.2) is 26.4 Å². The van der Waals surface area contributed by atoms with Crippen molar-refractivity contribution in [1.29, 1.82) is 0 Å². The maximum absolute atomic E-state index is 5.95. The van der Waals surface area contributed by atoms with Gasteiger partial charge in [0.05, 0.1) is 19.3 Å². The van der Waals surface area contributed by atoms with Crippen molar-refractivity contribution in [3.8, 4) is 11.5 Å². The first-order chi connectivity index (χ1) is 9.09. The fourth-order valence-corrected chi connectivity index (χ4v) is 2.72. The Morgan fingerprint density at radius 3 is 2.68 bits per heavy atom. The molecule has 0 fully saturated rings. The maximum atomic E-state index is 5.95. The van der Waals surface area contributed by atoms with Gasteiger partial charge in [-0.15, -0.1) is 0 Å². The largest absolute Gasteiger partial charge is 0.496 e. The Morgan fingerprint density at radius 1 is 1.21 bits per heavy atom. The first-order valence-electron chi connectivity index (χ1n) is 6.94. The van der Waals surface area contributed by atoms with Gasteiger partial charge in [0.25, 0.3) is 0 Å². The summed E-state index contributed by atoms with van der Waals surface area (Å²) in [6.07, 6.45) is 4.10. The van der Waals surface area contributed by atoms with Gasteiger partial charge in [0.2, 0.25) is 0 Å². The summed E-state index contributed by atoms with van der Waals surface area (Å²) in [5.74, 6) is 1.94. The Balaban J connectivity index is 2.26. The van der Waals surface area contributed by atoms with Crippen molar-refractivity contribution in [3.05, 3.63) is 23.3 Å². The lowest BCUT2D eigenvalue weighted by molar-refractivity contribution is -0.0171. The number of hydrogen-bond donors (Lipinski definition) is 0. The van der Waals surface area contributed by atoms with Gasteiger partial charge >= 0.3 is 0 Å². The smallest absolute Gasteiger partial charge is 0.123 e. The average Bonchev–Trinajstić information content (AvgIpc) is 2.49. The number of hydrogen-bond acceptors (Lipinski definition) is 3. The molecule has 3 nitrogen and oxygen atoms in total. The van der Waals surface area contributed by atoms with E-state index in [-0.39, 0.29) is 5.60 Å². The molecule has 106 valence electrons. The van der Waals surface area contributed by atoms with Crippen molar-refractivity contribution in [3.63, 3.8) is 0 Å².